The summed E-state index contributed by atoms with van der Waals surface area (Å²) in [6, 6.07) is 11.4. The Morgan fingerprint density at radius 2 is 2.00 bits per heavy atom. The fraction of sp³-hybridized carbons (Fsp3) is 0.150. The molecule has 6 nitrogen and oxygen atoms in total. The molecule has 0 radical (unpaired) electrons. The van der Waals surface area contributed by atoms with Crippen molar-refractivity contribution < 1.29 is 4.74 Å². The molecule has 0 atom stereocenters. The number of benzene rings is 1. The van der Waals surface area contributed by atoms with Gasteiger partial charge in [-0.15, -0.1) is 0 Å². The van der Waals surface area contributed by atoms with Crippen LogP contribution in [0.15, 0.2) is 59.8 Å². The van der Waals surface area contributed by atoms with E-state index in [1.807, 2.05) is 54.1 Å². The molecule has 4 aromatic rings. The van der Waals surface area contributed by atoms with E-state index in [9.17, 15) is 4.79 Å². The molecule has 0 spiro atoms. The minimum absolute atomic E-state index is 0.166. The molecule has 0 saturated carbocycles. The first kappa shape index (κ1) is 16.1. The number of nitrogens with zero attached hydrogens (tertiary/aromatic N) is 3. The predicted octanol–water partition coefficient (Wildman–Crippen LogP) is 3.15. The number of H-pyrrole nitrogens is 1. The zero-order valence-electron chi connectivity index (χ0n) is 14.6. The maximum Gasteiger partial charge on any atom is 0.259 e. The molecule has 0 unspecified atom stereocenters. The molecule has 3 aromatic heterocycles. The van der Waals surface area contributed by atoms with Crippen LogP contribution in [0.25, 0.3) is 22.3 Å². The van der Waals surface area contributed by atoms with E-state index in [-0.39, 0.29) is 5.56 Å². The molecule has 26 heavy (non-hydrogen) atoms. The number of aromatic amines is 1. The van der Waals surface area contributed by atoms with Gasteiger partial charge in [-0.2, -0.15) is 0 Å². The number of hydrogen-bond acceptors (Lipinski definition) is 4. The summed E-state index contributed by atoms with van der Waals surface area (Å²) in [6.07, 6.45) is 5.37. The van der Waals surface area contributed by atoms with Crippen LogP contribution < -0.4 is 10.3 Å². The lowest BCUT2D eigenvalue weighted by Crippen LogP contribution is -2.12. The van der Waals surface area contributed by atoms with Crippen molar-refractivity contribution in [2.75, 3.05) is 7.11 Å². The lowest BCUT2D eigenvalue weighted by Gasteiger charge is -2.09. The van der Waals surface area contributed by atoms with Crippen molar-refractivity contribution in [1.82, 2.24) is 19.5 Å². The molecule has 0 fully saturated rings. The van der Waals surface area contributed by atoms with E-state index in [4.69, 9.17) is 4.74 Å². The number of methoxy groups -OCH3 is 1. The highest BCUT2D eigenvalue weighted by molar-refractivity contribution is 5.83. The molecule has 0 aliphatic heterocycles. The molecule has 4 rings (SSSR count). The summed E-state index contributed by atoms with van der Waals surface area (Å²) in [7, 11) is 1.62. The molecule has 0 amide bonds. The number of fused-ring (bicyclic) bond motifs is 1. The number of imidazole rings is 1. The van der Waals surface area contributed by atoms with Gasteiger partial charge in [0.25, 0.3) is 5.56 Å². The maximum absolute atomic E-state index is 12.6. The van der Waals surface area contributed by atoms with E-state index in [0.717, 1.165) is 27.9 Å². The second-order valence-electron chi connectivity index (χ2n) is 6.15. The number of aromatic nitrogens is 4. The third-order valence-corrected chi connectivity index (χ3v) is 4.32. The summed E-state index contributed by atoms with van der Waals surface area (Å²) in [5.74, 6) is 1.37. The number of ether oxygens (including phenoxy) is 1. The first-order valence-electron chi connectivity index (χ1n) is 8.28. The normalized spacial score (nSPS) is 11.0. The average molecular weight is 346 g/mol. The minimum atomic E-state index is -0.166. The van der Waals surface area contributed by atoms with Crippen LogP contribution >= 0.6 is 0 Å². The zero-order chi connectivity index (χ0) is 18.1. The Morgan fingerprint density at radius 3 is 2.81 bits per heavy atom. The van der Waals surface area contributed by atoms with Crippen LogP contribution in [0.5, 0.6) is 5.75 Å². The average Bonchev–Trinajstić information content (AvgIpc) is 3.08. The van der Waals surface area contributed by atoms with Gasteiger partial charge in [0.1, 0.15) is 11.6 Å². The highest BCUT2D eigenvalue weighted by Gasteiger charge is 2.12. The van der Waals surface area contributed by atoms with Gasteiger partial charge >= 0.3 is 0 Å². The van der Waals surface area contributed by atoms with Gasteiger partial charge < -0.3 is 14.3 Å². The molecule has 0 aliphatic rings. The van der Waals surface area contributed by atoms with Crippen molar-refractivity contribution in [2.45, 2.75) is 13.5 Å². The van der Waals surface area contributed by atoms with Crippen LogP contribution in [-0.2, 0) is 6.54 Å². The van der Waals surface area contributed by atoms with Crippen LogP contribution in [0.3, 0.4) is 0 Å². The number of rotatable bonds is 4. The number of aryl methyl sites for hydroxylation is 1. The Kier molecular flexibility index (Phi) is 4.01. The van der Waals surface area contributed by atoms with E-state index in [2.05, 4.69) is 15.0 Å². The predicted molar refractivity (Wildman–Crippen MR) is 100 cm³/mol. The van der Waals surface area contributed by atoms with Crippen molar-refractivity contribution in [1.29, 1.82) is 0 Å². The van der Waals surface area contributed by atoms with Crippen LogP contribution in [0.1, 0.15) is 11.3 Å². The smallest absolute Gasteiger partial charge is 0.259 e. The third-order valence-electron chi connectivity index (χ3n) is 4.32. The van der Waals surface area contributed by atoms with Crippen LogP contribution in [0, 0.1) is 6.92 Å². The van der Waals surface area contributed by atoms with Crippen molar-refractivity contribution in [3.8, 4) is 17.1 Å². The Labute approximate surface area is 150 Å². The van der Waals surface area contributed by atoms with Crippen molar-refractivity contribution in [3.05, 3.63) is 76.6 Å². The maximum atomic E-state index is 12.6. The summed E-state index contributed by atoms with van der Waals surface area (Å²) in [5, 5.41) is 0.897. The van der Waals surface area contributed by atoms with Gasteiger partial charge in [0, 0.05) is 41.7 Å². The Balaban J connectivity index is 1.79. The van der Waals surface area contributed by atoms with E-state index in [1.54, 1.807) is 19.5 Å². The van der Waals surface area contributed by atoms with E-state index in [1.165, 1.54) is 0 Å². The van der Waals surface area contributed by atoms with Gasteiger partial charge in [0.05, 0.1) is 12.7 Å². The highest BCUT2D eigenvalue weighted by Crippen LogP contribution is 2.23. The quantitative estimate of drug-likeness (QED) is 0.616. The molecular formula is C20H18N4O2. The molecular weight excluding hydrogens is 328 g/mol. The summed E-state index contributed by atoms with van der Waals surface area (Å²) in [6.45, 7) is 2.58. The second kappa shape index (κ2) is 6.48. The molecule has 130 valence electrons. The summed E-state index contributed by atoms with van der Waals surface area (Å²) in [5.41, 5.74) is 3.19. The van der Waals surface area contributed by atoms with Crippen LogP contribution in [0.2, 0.25) is 0 Å². The van der Waals surface area contributed by atoms with Gasteiger partial charge in [-0.1, -0.05) is 0 Å². The van der Waals surface area contributed by atoms with Gasteiger partial charge in [-0.3, -0.25) is 9.78 Å². The lowest BCUT2D eigenvalue weighted by molar-refractivity contribution is 0.415. The van der Waals surface area contributed by atoms with Gasteiger partial charge in [0.15, 0.2) is 0 Å². The summed E-state index contributed by atoms with van der Waals surface area (Å²) >= 11 is 0. The monoisotopic (exact) mass is 346 g/mol. The molecule has 3 heterocycles. The van der Waals surface area contributed by atoms with E-state index < -0.39 is 0 Å². The largest absolute Gasteiger partial charge is 0.497 e. The summed E-state index contributed by atoms with van der Waals surface area (Å²) in [4.78, 5) is 24.2. The third kappa shape index (κ3) is 2.97. The fourth-order valence-electron chi connectivity index (χ4n) is 3.06. The highest BCUT2D eigenvalue weighted by atomic mass is 16.5. The number of nitrogens with one attached hydrogen (secondary N) is 1. The first-order valence-corrected chi connectivity index (χ1v) is 8.28. The topological polar surface area (TPSA) is 72.8 Å². The number of hydrogen-bond donors (Lipinski definition) is 1. The van der Waals surface area contributed by atoms with Gasteiger partial charge in [-0.05, 0) is 48.9 Å². The van der Waals surface area contributed by atoms with Gasteiger partial charge in [-0.25, -0.2) is 4.98 Å². The molecule has 0 aliphatic carbocycles. The number of pyridine rings is 2. The van der Waals surface area contributed by atoms with Crippen LogP contribution in [0.4, 0.5) is 0 Å². The zero-order valence-corrected chi connectivity index (χ0v) is 14.6. The van der Waals surface area contributed by atoms with E-state index >= 15 is 0 Å². The van der Waals surface area contributed by atoms with Crippen molar-refractivity contribution >= 4 is 10.9 Å². The van der Waals surface area contributed by atoms with Crippen LogP contribution in [-0.4, -0.2) is 26.6 Å². The molecule has 0 bridgehead atoms. The SMILES string of the molecule is COc1ccc2[nH]c(=O)c(-c3nccn3Cc3ccnc(C)c3)cc2c1. The molecule has 6 heteroatoms. The molecule has 1 aromatic carbocycles. The van der Waals surface area contributed by atoms with Crippen molar-refractivity contribution in [2.24, 2.45) is 0 Å². The standard InChI is InChI=1S/C20H18N4O2/c1-13-9-14(5-6-21-13)12-24-8-7-22-19(24)17-11-15-10-16(26-2)3-4-18(15)23-20(17)25/h3-11H,12H2,1-2H3,(H,23,25). The van der Waals surface area contributed by atoms with E-state index in [0.29, 0.717) is 17.9 Å². The second-order valence-corrected chi connectivity index (χ2v) is 6.15. The van der Waals surface area contributed by atoms with Crippen molar-refractivity contribution in [3.63, 3.8) is 0 Å². The Morgan fingerprint density at radius 1 is 1.12 bits per heavy atom. The minimum Gasteiger partial charge on any atom is -0.497 e. The first-order chi connectivity index (χ1) is 12.6. The lowest BCUT2D eigenvalue weighted by atomic mass is 10.1. The molecule has 0 saturated heterocycles. The Bertz CT molecular complexity index is 1140. The molecule has 1 N–H and O–H groups in total. The fourth-order valence-corrected chi connectivity index (χ4v) is 3.06. The Hall–Kier alpha value is -3.41. The van der Waals surface area contributed by atoms with Gasteiger partial charge in [0.2, 0.25) is 0 Å². The summed E-state index contributed by atoms with van der Waals surface area (Å²) < 4.78 is 7.24.